The van der Waals surface area contributed by atoms with E-state index in [0.29, 0.717) is 12.2 Å². The maximum Gasteiger partial charge on any atom is 0.321 e. The van der Waals surface area contributed by atoms with Gasteiger partial charge in [0.05, 0.1) is 0 Å². The maximum absolute atomic E-state index is 11.1. The van der Waals surface area contributed by atoms with Crippen LogP contribution in [0.5, 0.6) is 0 Å². The van der Waals surface area contributed by atoms with Crippen molar-refractivity contribution in [3.05, 3.63) is 0 Å². The number of hydrogen-bond donors (Lipinski definition) is 2. The van der Waals surface area contributed by atoms with Crippen molar-refractivity contribution >= 4 is 23.6 Å². The summed E-state index contributed by atoms with van der Waals surface area (Å²) in [6, 6.07) is -0.806. The summed E-state index contributed by atoms with van der Waals surface area (Å²) >= 11 is 1.47. The van der Waals surface area contributed by atoms with Gasteiger partial charge in [0.15, 0.2) is 0 Å². The maximum atomic E-state index is 11.1. The number of nitrogens with two attached hydrogens (primary N) is 1. The Morgan fingerprint density at radius 3 is 2.53 bits per heavy atom. The molecule has 0 saturated carbocycles. The highest BCUT2D eigenvalue weighted by Gasteiger charge is 2.10. The number of thioether (sulfide) groups is 1. The third-order valence-corrected chi connectivity index (χ3v) is 2.96. The topological polar surface area (TPSA) is 83.6 Å². The van der Waals surface area contributed by atoms with Crippen molar-refractivity contribution in [1.29, 1.82) is 0 Å². The van der Waals surface area contributed by atoms with Crippen molar-refractivity contribution in [2.75, 3.05) is 25.6 Å². The summed E-state index contributed by atoms with van der Waals surface area (Å²) in [4.78, 5) is 23.1. The number of rotatable bonds is 7. The zero-order chi connectivity index (χ0) is 11.8. The van der Waals surface area contributed by atoms with Crippen molar-refractivity contribution in [2.24, 2.45) is 5.73 Å². The van der Waals surface area contributed by atoms with E-state index in [9.17, 15) is 9.59 Å². The van der Waals surface area contributed by atoms with Gasteiger partial charge >= 0.3 is 5.97 Å². The van der Waals surface area contributed by atoms with E-state index in [-0.39, 0.29) is 5.91 Å². The second-order valence-electron chi connectivity index (χ2n) is 3.41. The Bertz CT molecular complexity index is 221. The molecule has 0 heterocycles. The van der Waals surface area contributed by atoms with Crippen LogP contribution >= 0.6 is 11.8 Å². The Balaban J connectivity index is 3.40. The minimum Gasteiger partial charge on any atom is -0.480 e. The molecule has 0 rings (SSSR count). The lowest BCUT2D eigenvalue weighted by molar-refractivity contribution is -0.138. The molecule has 0 fully saturated rings. The van der Waals surface area contributed by atoms with E-state index in [0.717, 1.165) is 12.2 Å². The minimum absolute atomic E-state index is 0.0955. The van der Waals surface area contributed by atoms with Crippen LogP contribution in [-0.2, 0) is 9.59 Å². The van der Waals surface area contributed by atoms with Gasteiger partial charge in [0.1, 0.15) is 6.04 Å². The van der Waals surface area contributed by atoms with Crippen molar-refractivity contribution in [3.8, 4) is 0 Å². The Labute approximate surface area is 94.0 Å². The van der Waals surface area contributed by atoms with Crippen LogP contribution in [0.4, 0.5) is 0 Å². The number of aliphatic carboxylic acids is 1. The molecule has 5 nitrogen and oxygen atoms in total. The Morgan fingerprint density at radius 2 is 2.07 bits per heavy atom. The molecule has 0 aliphatic rings. The molecule has 0 aromatic heterocycles. The molecule has 0 aromatic rings. The number of carboxylic acid groups (broad SMARTS) is 1. The van der Waals surface area contributed by atoms with Crippen LogP contribution in [0.15, 0.2) is 0 Å². The standard InChI is InChI=1S/C9H18N2O3S/c1-11(2)8(12)4-3-5-15-6-7(10)9(13)14/h7H,3-6,10H2,1-2H3,(H,13,14)/t7-/m0/s1. The van der Waals surface area contributed by atoms with Crippen LogP contribution in [0.3, 0.4) is 0 Å². The van der Waals surface area contributed by atoms with Gasteiger partial charge in [-0.3, -0.25) is 9.59 Å². The van der Waals surface area contributed by atoms with Crippen LogP contribution in [0.1, 0.15) is 12.8 Å². The van der Waals surface area contributed by atoms with Crippen molar-refractivity contribution < 1.29 is 14.7 Å². The SMILES string of the molecule is CN(C)C(=O)CCCSC[C@H](N)C(=O)O. The van der Waals surface area contributed by atoms with E-state index in [1.807, 2.05) is 0 Å². The fourth-order valence-corrected chi connectivity index (χ4v) is 1.74. The predicted octanol–water partition coefficient (Wildman–Crippen LogP) is -0.0001000. The summed E-state index contributed by atoms with van der Waals surface area (Å²) in [5.74, 6) is 0.275. The van der Waals surface area contributed by atoms with Crippen molar-refractivity contribution in [3.63, 3.8) is 0 Å². The number of amides is 1. The number of carbonyl (C=O) groups excluding carboxylic acids is 1. The Hall–Kier alpha value is -0.750. The van der Waals surface area contributed by atoms with Crippen LogP contribution in [-0.4, -0.2) is 53.5 Å². The molecule has 0 saturated heterocycles. The summed E-state index contributed by atoms with van der Waals surface area (Å²) < 4.78 is 0. The molecule has 0 aliphatic carbocycles. The van der Waals surface area contributed by atoms with E-state index in [2.05, 4.69) is 0 Å². The average molecular weight is 234 g/mol. The first-order chi connectivity index (χ1) is 6.95. The normalized spacial score (nSPS) is 12.2. The smallest absolute Gasteiger partial charge is 0.321 e. The second-order valence-corrected chi connectivity index (χ2v) is 4.56. The summed E-state index contributed by atoms with van der Waals surface area (Å²) in [7, 11) is 3.44. The monoisotopic (exact) mass is 234 g/mol. The molecular weight excluding hydrogens is 216 g/mol. The van der Waals surface area contributed by atoms with Gasteiger partial charge in [0.25, 0.3) is 0 Å². The molecule has 0 unspecified atom stereocenters. The highest BCUT2D eigenvalue weighted by Crippen LogP contribution is 2.06. The number of hydrogen-bond acceptors (Lipinski definition) is 4. The summed E-state index contributed by atoms with van der Waals surface area (Å²) in [6.07, 6.45) is 1.26. The molecule has 0 spiro atoms. The molecule has 15 heavy (non-hydrogen) atoms. The quantitative estimate of drug-likeness (QED) is 0.606. The largest absolute Gasteiger partial charge is 0.480 e. The highest BCUT2D eigenvalue weighted by atomic mass is 32.2. The van der Waals surface area contributed by atoms with Gasteiger partial charge in [0, 0.05) is 26.3 Å². The average Bonchev–Trinajstić information content (AvgIpc) is 2.16. The fourth-order valence-electron chi connectivity index (χ4n) is 0.831. The molecule has 1 amide bonds. The lowest BCUT2D eigenvalue weighted by atomic mass is 10.3. The highest BCUT2D eigenvalue weighted by molar-refractivity contribution is 7.99. The van der Waals surface area contributed by atoms with Gasteiger partial charge in [-0.05, 0) is 12.2 Å². The Kier molecular flexibility index (Phi) is 7.15. The molecular formula is C9H18N2O3S. The van der Waals surface area contributed by atoms with Gasteiger partial charge in [-0.2, -0.15) is 11.8 Å². The first kappa shape index (κ1) is 14.2. The zero-order valence-corrected chi connectivity index (χ0v) is 9.92. The third-order valence-electron chi connectivity index (χ3n) is 1.79. The molecule has 3 N–H and O–H groups in total. The van der Waals surface area contributed by atoms with E-state index < -0.39 is 12.0 Å². The summed E-state index contributed by atoms with van der Waals surface area (Å²) in [5, 5.41) is 8.50. The summed E-state index contributed by atoms with van der Waals surface area (Å²) in [5.41, 5.74) is 5.31. The number of carbonyl (C=O) groups is 2. The fraction of sp³-hybridized carbons (Fsp3) is 0.778. The van der Waals surface area contributed by atoms with Crippen LogP contribution < -0.4 is 5.73 Å². The van der Waals surface area contributed by atoms with Gasteiger partial charge in [-0.1, -0.05) is 0 Å². The van der Waals surface area contributed by atoms with Crippen LogP contribution in [0.2, 0.25) is 0 Å². The van der Waals surface area contributed by atoms with E-state index >= 15 is 0 Å². The first-order valence-corrected chi connectivity index (χ1v) is 5.87. The van der Waals surface area contributed by atoms with Gasteiger partial charge < -0.3 is 15.7 Å². The number of carboxylic acids is 1. The second kappa shape index (κ2) is 7.53. The first-order valence-electron chi connectivity index (χ1n) is 4.71. The molecule has 1 atom stereocenters. The van der Waals surface area contributed by atoms with Gasteiger partial charge in [-0.15, -0.1) is 0 Å². The molecule has 88 valence electrons. The molecule has 0 bridgehead atoms. The molecule has 0 aliphatic heterocycles. The van der Waals surface area contributed by atoms with Gasteiger partial charge in [0.2, 0.25) is 5.91 Å². The van der Waals surface area contributed by atoms with E-state index in [1.165, 1.54) is 11.8 Å². The van der Waals surface area contributed by atoms with E-state index in [1.54, 1.807) is 19.0 Å². The molecule has 0 radical (unpaired) electrons. The van der Waals surface area contributed by atoms with E-state index in [4.69, 9.17) is 10.8 Å². The molecule has 0 aromatic carbocycles. The minimum atomic E-state index is -0.980. The third kappa shape index (κ3) is 7.21. The number of nitrogens with zero attached hydrogens (tertiary/aromatic N) is 1. The zero-order valence-electron chi connectivity index (χ0n) is 9.10. The predicted molar refractivity (Wildman–Crippen MR) is 60.9 cm³/mol. The van der Waals surface area contributed by atoms with Crippen LogP contribution in [0, 0.1) is 0 Å². The molecule has 6 heteroatoms. The summed E-state index contributed by atoms with van der Waals surface area (Å²) in [6.45, 7) is 0. The van der Waals surface area contributed by atoms with Crippen molar-refractivity contribution in [1.82, 2.24) is 4.90 Å². The Morgan fingerprint density at radius 1 is 1.47 bits per heavy atom. The van der Waals surface area contributed by atoms with Crippen LogP contribution in [0.25, 0.3) is 0 Å². The lowest BCUT2D eigenvalue weighted by Gasteiger charge is -2.10. The van der Waals surface area contributed by atoms with Crippen molar-refractivity contribution in [2.45, 2.75) is 18.9 Å². The van der Waals surface area contributed by atoms with Gasteiger partial charge in [-0.25, -0.2) is 0 Å². The lowest BCUT2D eigenvalue weighted by Crippen LogP contribution is -2.32.